The Balaban J connectivity index is 0.00000364. The third-order valence-electron chi connectivity index (χ3n) is 4.84. The van der Waals surface area contributed by atoms with Crippen LogP contribution in [0.1, 0.15) is 31.7 Å². The van der Waals surface area contributed by atoms with Crippen LogP contribution in [0.15, 0.2) is 35.3 Å². The Bertz CT molecular complexity index is 675. The molecule has 0 amide bonds. The van der Waals surface area contributed by atoms with E-state index < -0.39 is 14.6 Å². The lowest BCUT2D eigenvalue weighted by atomic mass is 9.99. The molecule has 0 aromatic heterocycles. The summed E-state index contributed by atoms with van der Waals surface area (Å²) >= 11 is 0. The molecule has 0 spiro atoms. The highest BCUT2D eigenvalue weighted by Gasteiger charge is 2.42. The summed E-state index contributed by atoms with van der Waals surface area (Å²) in [4.78, 5) is 4.58. The zero-order valence-corrected chi connectivity index (χ0v) is 19.4. The van der Waals surface area contributed by atoms with Crippen LogP contribution in [0.5, 0.6) is 0 Å². The van der Waals surface area contributed by atoms with Crippen molar-refractivity contribution in [3.63, 3.8) is 0 Å². The Labute approximate surface area is 180 Å². The molecule has 1 heterocycles. The maximum Gasteiger partial charge on any atom is 0.191 e. The Kier molecular flexibility index (Phi) is 10.6. The maximum absolute atomic E-state index is 12.3. The van der Waals surface area contributed by atoms with Crippen molar-refractivity contribution in [2.45, 2.75) is 37.4 Å². The predicted molar refractivity (Wildman–Crippen MR) is 122 cm³/mol. The second kappa shape index (κ2) is 11.9. The van der Waals surface area contributed by atoms with Crippen molar-refractivity contribution in [3.05, 3.63) is 35.9 Å². The molecule has 154 valence electrons. The summed E-state index contributed by atoms with van der Waals surface area (Å²) in [7, 11) is -3.20. The molecular weight excluding hydrogens is 477 g/mol. The quantitative estimate of drug-likeness (QED) is 0.244. The van der Waals surface area contributed by atoms with Crippen LogP contribution < -0.4 is 10.6 Å². The lowest BCUT2D eigenvalue weighted by Gasteiger charge is -2.34. The zero-order chi connectivity index (χ0) is 18.9. The molecule has 0 radical (unpaired) electrons. The van der Waals surface area contributed by atoms with Gasteiger partial charge in [0.15, 0.2) is 15.8 Å². The van der Waals surface area contributed by atoms with Gasteiger partial charge in [0, 0.05) is 32.6 Å². The van der Waals surface area contributed by atoms with E-state index in [9.17, 15) is 8.42 Å². The molecule has 0 unspecified atom stereocenters. The minimum absolute atomic E-state index is 0. The molecule has 2 N–H and O–H groups in total. The molecule has 0 aliphatic carbocycles. The highest BCUT2D eigenvalue weighted by molar-refractivity contribution is 14.0. The minimum Gasteiger partial charge on any atom is -0.381 e. The molecule has 6 nitrogen and oxygen atoms in total. The molecular formula is C19H32IN3O3S. The number of nitrogens with one attached hydrogen (secondary N) is 2. The summed E-state index contributed by atoms with van der Waals surface area (Å²) in [6, 6.07) is 10.4. The normalized spacial score (nSPS) is 17.0. The molecule has 0 atom stereocenters. The van der Waals surface area contributed by atoms with Gasteiger partial charge in [0.2, 0.25) is 0 Å². The predicted octanol–water partition coefficient (Wildman–Crippen LogP) is 2.39. The van der Waals surface area contributed by atoms with Crippen LogP contribution in [0, 0.1) is 0 Å². The Morgan fingerprint density at radius 1 is 1.19 bits per heavy atom. The lowest BCUT2D eigenvalue weighted by molar-refractivity contribution is 0.0768. The van der Waals surface area contributed by atoms with E-state index in [1.807, 2.05) is 25.1 Å². The second-order valence-electron chi connectivity index (χ2n) is 6.78. The van der Waals surface area contributed by atoms with E-state index in [2.05, 4.69) is 27.8 Å². The van der Waals surface area contributed by atoms with E-state index in [0.29, 0.717) is 32.0 Å². The third-order valence-corrected chi connectivity index (χ3v) is 6.95. The van der Waals surface area contributed by atoms with Gasteiger partial charge in [-0.3, -0.25) is 4.99 Å². The van der Waals surface area contributed by atoms with Crippen LogP contribution in [0.4, 0.5) is 0 Å². The number of benzene rings is 1. The Morgan fingerprint density at radius 3 is 2.44 bits per heavy atom. The van der Waals surface area contributed by atoms with Crippen LogP contribution in [0.3, 0.4) is 0 Å². The van der Waals surface area contributed by atoms with Crippen molar-refractivity contribution >= 4 is 39.8 Å². The first-order valence-corrected chi connectivity index (χ1v) is 11.2. The molecule has 1 aliphatic rings. The highest BCUT2D eigenvalue weighted by atomic mass is 127. The number of nitrogens with zero attached hydrogens (tertiary/aromatic N) is 1. The van der Waals surface area contributed by atoms with Gasteiger partial charge in [-0.05, 0) is 38.2 Å². The van der Waals surface area contributed by atoms with Crippen LogP contribution in [0.2, 0.25) is 0 Å². The molecule has 2 rings (SSSR count). The standard InChI is InChI=1S/C19H31N3O3S.HI/c1-3-20-18(21-13-7-10-17-8-5-4-6-9-17)22-16-19(26(2,23)24)11-14-25-15-12-19;/h4-6,8-9H,3,7,10-16H2,1-2H3,(H2,20,21,22);1H. The molecule has 0 bridgehead atoms. The number of guanidine groups is 1. The van der Waals surface area contributed by atoms with E-state index in [1.165, 1.54) is 11.8 Å². The van der Waals surface area contributed by atoms with Gasteiger partial charge in [-0.2, -0.15) is 0 Å². The van der Waals surface area contributed by atoms with E-state index >= 15 is 0 Å². The number of halogens is 1. The smallest absolute Gasteiger partial charge is 0.191 e. The molecule has 1 aromatic rings. The van der Waals surface area contributed by atoms with Crippen LogP contribution >= 0.6 is 24.0 Å². The number of rotatable bonds is 8. The fourth-order valence-corrected chi connectivity index (χ4v) is 4.31. The van der Waals surface area contributed by atoms with Crippen LogP contribution in [0.25, 0.3) is 0 Å². The average Bonchev–Trinajstić information content (AvgIpc) is 2.64. The molecule has 8 heteroatoms. The summed E-state index contributed by atoms with van der Waals surface area (Å²) in [6.45, 7) is 4.74. The van der Waals surface area contributed by atoms with Gasteiger partial charge < -0.3 is 15.4 Å². The molecule has 1 aromatic carbocycles. The van der Waals surface area contributed by atoms with Crippen molar-refractivity contribution < 1.29 is 13.2 Å². The fourth-order valence-electron chi connectivity index (χ4n) is 3.10. The third kappa shape index (κ3) is 7.57. The highest BCUT2D eigenvalue weighted by Crippen LogP contribution is 2.29. The van der Waals surface area contributed by atoms with Crippen molar-refractivity contribution in [2.75, 3.05) is 39.1 Å². The van der Waals surface area contributed by atoms with Gasteiger partial charge in [-0.1, -0.05) is 30.3 Å². The first-order valence-electron chi connectivity index (χ1n) is 9.30. The number of aryl methyl sites for hydroxylation is 1. The summed E-state index contributed by atoms with van der Waals surface area (Å²) in [6.07, 6.45) is 4.30. The van der Waals surface area contributed by atoms with Gasteiger partial charge in [0.1, 0.15) is 0 Å². The van der Waals surface area contributed by atoms with Crippen molar-refractivity contribution in [2.24, 2.45) is 4.99 Å². The minimum atomic E-state index is -3.20. The first-order chi connectivity index (χ1) is 12.5. The summed E-state index contributed by atoms with van der Waals surface area (Å²) in [5.41, 5.74) is 1.31. The van der Waals surface area contributed by atoms with E-state index in [0.717, 1.165) is 25.9 Å². The van der Waals surface area contributed by atoms with Gasteiger partial charge in [0.05, 0.1) is 11.3 Å². The van der Waals surface area contributed by atoms with Crippen molar-refractivity contribution in [1.82, 2.24) is 10.6 Å². The summed E-state index contributed by atoms with van der Waals surface area (Å²) < 4.78 is 29.2. The van der Waals surface area contributed by atoms with Crippen molar-refractivity contribution in [1.29, 1.82) is 0 Å². The van der Waals surface area contributed by atoms with Gasteiger partial charge >= 0.3 is 0 Å². The van der Waals surface area contributed by atoms with E-state index in [4.69, 9.17) is 4.74 Å². The van der Waals surface area contributed by atoms with Gasteiger partial charge in [0.25, 0.3) is 0 Å². The van der Waals surface area contributed by atoms with Crippen LogP contribution in [-0.4, -0.2) is 58.2 Å². The lowest BCUT2D eigenvalue weighted by Crippen LogP contribution is -2.47. The summed E-state index contributed by atoms with van der Waals surface area (Å²) in [5, 5.41) is 6.51. The van der Waals surface area contributed by atoms with E-state index in [1.54, 1.807) is 0 Å². The number of hydrogen-bond donors (Lipinski definition) is 2. The van der Waals surface area contributed by atoms with Gasteiger partial charge in [-0.25, -0.2) is 8.42 Å². The molecule has 0 saturated carbocycles. The molecule has 1 fully saturated rings. The van der Waals surface area contributed by atoms with Gasteiger partial charge in [-0.15, -0.1) is 24.0 Å². The summed E-state index contributed by atoms with van der Waals surface area (Å²) in [5.74, 6) is 0.676. The average molecular weight is 509 g/mol. The number of ether oxygens (including phenoxy) is 1. The number of sulfone groups is 1. The van der Waals surface area contributed by atoms with E-state index in [-0.39, 0.29) is 30.5 Å². The first kappa shape index (κ1) is 24.2. The number of aliphatic imine (C=N–C) groups is 1. The largest absolute Gasteiger partial charge is 0.381 e. The van der Waals surface area contributed by atoms with Crippen LogP contribution in [-0.2, 0) is 21.0 Å². The Morgan fingerprint density at radius 2 is 1.85 bits per heavy atom. The number of hydrogen-bond acceptors (Lipinski definition) is 4. The van der Waals surface area contributed by atoms with Crippen molar-refractivity contribution in [3.8, 4) is 0 Å². The Hall–Kier alpha value is -0.870. The monoisotopic (exact) mass is 509 g/mol. The maximum atomic E-state index is 12.3. The molecule has 27 heavy (non-hydrogen) atoms. The topological polar surface area (TPSA) is 79.8 Å². The fraction of sp³-hybridized carbons (Fsp3) is 0.632. The molecule has 1 saturated heterocycles. The second-order valence-corrected chi connectivity index (χ2v) is 9.19. The SMILES string of the molecule is CCNC(=NCC1(S(C)(=O)=O)CCOCC1)NCCCc1ccccc1.I. The zero-order valence-electron chi connectivity index (χ0n) is 16.2. The molecule has 1 aliphatic heterocycles.